The van der Waals surface area contributed by atoms with E-state index < -0.39 is 23.6 Å². The van der Waals surface area contributed by atoms with E-state index in [4.69, 9.17) is 5.73 Å². The van der Waals surface area contributed by atoms with Crippen molar-refractivity contribution in [2.24, 2.45) is 11.3 Å². The van der Waals surface area contributed by atoms with Crippen LogP contribution in [0.4, 0.5) is 15.9 Å². The molecule has 54 heavy (non-hydrogen) atoms. The maximum atomic E-state index is 14.5. The Labute approximate surface area is 320 Å². The third-order valence-electron chi connectivity index (χ3n) is 10.6. The third-order valence-corrected chi connectivity index (χ3v) is 11.6. The van der Waals surface area contributed by atoms with E-state index in [0.29, 0.717) is 42.2 Å². The van der Waals surface area contributed by atoms with Crippen LogP contribution in [-0.4, -0.2) is 74.8 Å². The minimum Gasteiger partial charge on any atom is -0.391 e. The van der Waals surface area contributed by atoms with Gasteiger partial charge in [-0.05, 0) is 67.3 Å². The number of aliphatic hydroxyl groups excluding tert-OH is 1. The lowest BCUT2D eigenvalue weighted by atomic mass is 9.85. The van der Waals surface area contributed by atoms with Gasteiger partial charge in [0, 0.05) is 49.8 Å². The van der Waals surface area contributed by atoms with Crippen molar-refractivity contribution < 1.29 is 19.1 Å². The number of aromatic nitrogens is 3. The minimum atomic E-state index is -0.801. The van der Waals surface area contributed by atoms with E-state index in [1.807, 2.05) is 40.1 Å². The number of aryl methyl sites for hydroxylation is 1. The van der Waals surface area contributed by atoms with Crippen LogP contribution in [-0.2, 0) is 9.59 Å². The molecular formula is C41H51FN8O3S. The number of aliphatic hydroxyl groups is 1. The number of nitrogen functional groups attached to an aromatic ring is 1. The molecule has 286 valence electrons. The van der Waals surface area contributed by atoms with Gasteiger partial charge in [-0.25, -0.2) is 9.37 Å². The van der Waals surface area contributed by atoms with E-state index in [0.717, 1.165) is 34.5 Å². The predicted octanol–water partition coefficient (Wildman–Crippen LogP) is 6.26. The normalized spacial score (nSPS) is 19.0. The van der Waals surface area contributed by atoms with Crippen molar-refractivity contribution in [2.75, 3.05) is 30.3 Å². The van der Waals surface area contributed by atoms with Gasteiger partial charge in [-0.15, -0.1) is 21.5 Å². The predicted molar refractivity (Wildman–Crippen MR) is 212 cm³/mol. The van der Waals surface area contributed by atoms with Gasteiger partial charge in [0.25, 0.3) is 0 Å². The van der Waals surface area contributed by atoms with E-state index in [2.05, 4.69) is 61.6 Å². The Morgan fingerprint density at radius 1 is 1.09 bits per heavy atom. The molecule has 0 bridgehead atoms. The molecule has 4 atom stereocenters. The summed E-state index contributed by atoms with van der Waals surface area (Å²) in [5.74, 6) is -0.434. The van der Waals surface area contributed by atoms with E-state index in [-0.39, 0.29) is 48.4 Å². The van der Waals surface area contributed by atoms with Crippen LogP contribution in [0.1, 0.15) is 70.7 Å². The Kier molecular flexibility index (Phi) is 11.7. The third kappa shape index (κ3) is 8.73. The van der Waals surface area contributed by atoms with Crippen molar-refractivity contribution in [2.45, 2.75) is 84.5 Å². The summed E-state index contributed by atoms with van der Waals surface area (Å²) in [7, 11) is 0. The molecule has 0 saturated carbocycles. The van der Waals surface area contributed by atoms with Crippen molar-refractivity contribution in [1.29, 1.82) is 0 Å². The maximum absolute atomic E-state index is 14.5. The molecule has 6 rings (SSSR count). The first-order valence-corrected chi connectivity index (χ1v) is 19.4. The lowest BCUT2D eigenvalue weighted by molar-refractivity contribution is -0.140. The number of rotatable bonds is 11. The van der Waals surface area contributed by atoms with Crippen LogP contribution in [0.3, 0.4) is 0 Å². The summed E-state index contributed by atoms with van der Waals surface area (Å²) in [5, 5.41) is 25.5. The van der Waals surface area contributed by atoms with Crippen LogP contribution < -0.4 is 21.3 Å². The number of nitrogens with one attached hydrogen (secondary N) is 2. The molecule has 0 spiro atoms. The number of β-amino-alcohol motifs (C(OH)–C–C–N with tert-alkyl or cyclic N) is 1. The summed E-state index contributed by atoms with van der Waals surface area (Å²) < 4.78 is 14.5. The molecule has 2 aliphatic rings. The fraction of sp³-hybridized carbons (Fsp3) is 0.439. The van der Waals surface area contributed by atoms with Gasteiger partial charge in [0.1, 0.15) is 11.9 Å². The van der Waals surface area contributed by atoms with Gasteiger partial charge in [-0.3, -0.25) is 9.59 Å². The van der Waals surface area contributed by atoms with Crippen molar-refractivity contribution in [1.82, 2.24) is 30.7 Å². The fourth-order valence-electron chi connectivity index (χ4n) is 7.47. The quantitative estimate of drug-likeness (QED) is 0.139. The first-order valence-electron chi connectivity index (χ1n) is 18.6. The van der Waals surface area contributed by atoms with Gasteiger partial charge in [-0.2, -0.15) is 0 Å². The Morgan fingerprint density at radius 2 is 1.80 bits per heavy atom. The van der Waals surface area contributed by atoms with E-state index >= 15 is 0 Å². The van der Waals surface area contributed by atoms with Crippen LogP contribution in [0, 0.1) is 24.1 Å². The molecule has 4 heterocycles. The number of halogens is 1. The molecule has 2 fully saturated rings. The average molecular weight is 755 g/mol. The summed E-state index contributed by atoms with van der Waals surface area (Å²) in [6, 6.07) is 15.2. The standard InChI is InChI=1S/C41H51FN8O3S/c1-24(28-11-13-29(14-12-28)37-26(3)44-23-54-37)45-25(2)34-20-30(51)22-50(34)40(53)38(41(4,5)6)46-36(52)19-27-15-17-49(18-16-27)35-21-33(47-48-39(35)43)31-9-7-8-10-32(31)42/h7-14,21,23-24,27,30,34,38,45,51H,2,15-20,22H2,1,3-6H3,(H2,43,48)(H,46,52)/t24-,30+,34-,38+/m0/s1. The molecule has 2 aromatic heterocycles. The number of thiazole rings is 1. The second-order valence-corrected chi connectivity index (χ2v) is 16.5. The fourth-order valence-corrected chi connectivity index (χ4v) is 8.28. The molecular weight excluding hydrogens is 704 g/mol. The molecule has 0 radical (unpaired) electrons. The highest BCUT2D eigenvalue weighted by atomic mass is 32.1. The highest BCUT2D eigenvalue weighted by Crippen LogP contribution is 2.34. The summed E-state index contributed by atoms with van der Waals surface area (Å²) >= 11 is 1.62. The summed E-state index contributed by atoms with van der Waals surface area (Å²) in [4.78, 5) is 37.1. The number of carbonyl (C=O) groups is 2. The second-order valence-electron chi connectivity index (χ2n) is 15.7. The number of benzene rings is 2. The SMILES string of the molecule is C=C(N[C@@H](C)c1ccc(-c2scnc2C)cc1)[C@@H]1C[C@@H](O)CN1C(=O)[C@@H](NC(=O)CC1CCN(c2cc(-c3ccccc3F)nnc2N)CC1)C(C)(C)C. The van der Waals surface area contributed by atoms with Gasteiger partial charge >= 0.3 is 0 Å². The molecule has 4 aromatic rings. The van der Waals surface area contributed by atoms with Crippen molar-refractivity contribution >= 4 is 34.7 Å². The first-order chi connectivity index (χ1) is 25.7. The number of likely N-dealkylation sites (tertiary alicyclic amines) is 1. The summed E-state index contributed by atoms with van der Waals surface area (Å²) in [6.07, 6.45) is 1.39. The number of nitrogens with two attached hydrogens (primary N) is 1. The van der Waals surface area contributed by atoms with Crippen molar-refractivity contribution in [3.05, 3.63) is 89.5 Å². The zero-order valence-electron chi connectivity index (χ0n) is 31.7. The molecule has 2 amide bonds. The van der Waals surface area contributed by atoms with Crippen LogP contribution in [0.25, 0.3) is 21.7 Å². The summed E-state index contributed by atoms with van der Waals surface area (Å²) in [5.41, 5.74) is 12.8. The monoisotopic (exact) mass is 754 g/mol. The second kappa shape index (κ2) is 16.2. The van der Waals surface area contributed by atoms with Gasteiger partial charge in [-0.1, -0.05) is 63.7 Å². The molecule has 2 aromatic carbocycles. The van der Waals surface area contributed by atoms with Gasteiger partial charge in [0.2, 0.25) is 11.8 Å². The number of anilines is 2. The summed E-state index contributed by atoms with van der Waals surface area (Å²) in [6.45, 7) is 15.6. The Hall–Kier alpha value is -4.88. The van der Waals surface area contributed by atoms with Crippen molar-refractivity contribution in [3.8, 4) is 21.7 Å². The van der Waals surface area contributed by atoms with E-state index in [9.17, 15) is 19.1 Å². The minimum absolute atomic E-state index is 0.0893. The number of hydrogen-bond donors (Lipinski definition) is 4. The van der Waals surface area contributed by atoms with Gasteiger partial charge in [0.15, 0.2) is 5.82 Å². The number of nitrogens with zero attached hydrogens (tertiary/aromatic N) is 5. The highest BCUT2D eigenvalue weighted by Gasteiger charge is 2.43. The molecule has 2 aliphatic heterocycles. The largest absolute Gasteiger partial charge is 0.391 e. The van der Waals surface area contributed by atoms with Crippen LogP contribution in [0.15, 0.2) is 72.4 Å². The van der Waals surface area contributed by atoms with Crippen LogP contribution in [0.2, 0.25) is 0 Å². The lowest BCUT2D eigenvalue weighted by Crippen LogP contribution is -2.56. The number of amides is 2. The number of piperidine rings is 1. The molecule has 2 saturated heterocycles. The Balaban J connectivity index is 1.06. The lowest BCUT2D eigenvalue weighted by Gasteiger charge is -2.37. The smallest absolute Gasteiger partial charge is 0.246 e. The van der Waals surface area contributed by atoms with E-state index in [1.54, 1.807) is 40.5 Å². The van der Waals surface area contributed by atoms with Crippen LogP contribution in [0.5, 0.6) is 0 Å². The Morgan fingerprint density at radius 3 is 2.44 bits per heavy atom. The highest BCUT2D eigenvalue weighted by molar-refractivity contribution is 7.13. The number of hydrogen-bond acceptors (Lipinski definition) is 10. The van der Waals surface area contributed by atoms with Crippen molar-refractivity contribution in [3.63, 3.8) is 0 Å². The topological polar surface area (TPSA) is 150 Å². The van der Waals surface area contributed by atoms with Crippen LogP contribution >= 0.6 is 11.3 Å². The van der Waals surface area contributed by atoms with E-state index in [1.165, 1.54) is 6.07 Å². The molecule has 13 heteroatoms. The Bertz CT molecular complexity index is 1970. The first kappa shape index (κ1) is 38.8. The molecule has 5 N–H and O–H groups in total. The van der Waals surface area contributed by atoms with Gasteiger partial charge in [0.05, 0.1) is 39.6 Å². The number of carbonyl (C=O) groups excluding carboxylic acids is 2. The molecule has 0 unspecified atom stereocenters. The van der Waals surface area contributed by atoms with Gasteiger partial charge < -0.3 is 31.3 Å². The maximum Gasteiger partial charge on any atom is 0.246 e. The zero-order chi connectivity index (χ0) is 38.7. The average Bonchev–Trinajstić information content (AvgIpc) is 3.76. The molecule has 0 aliphatic carbocycles. The molecule has 11 nitrogen and oxygen atoms in total. The zero-order valence-corrected chi connectivity index (χ0v) is 32.5.